The third kappa shape index (κ3) is 5.01. The summed E-state index contributed by atoms with van der Waals surface area (Å²) in [5.74, 6) is 0.188. The van der Waals surface area contributed by atoms with Crippen molar-refractivity contribution in [1.29, 1.82) is 0 Å². The number of piperidine rings is 1. The zero-order valence-corrected chi connectivity index (χ0v) is 17.8. The number of hydrogen-bond donors (Lipinski definition) is 2. The summed E-state index contributed by atoms with van der Waals surface area (Å²) in [7, 11) is 0. The Morgan fingerprint density at radius 2 is 1.84 bits per heavy atom. The highest BCUT2D eigenvalue weighted by Gasteiger charge is 2.28. The van der Waals surface area contributed by atoms with Crippen LogP contribution < -0.4 is 15.0 Å². The second kappa shape index (κ2) is 9.72. The molecule has 2 N–H and O–H groups in total. The smallest absolute Gasteiger partial charge is 0.260 e. The van der Waals surface area contributed by atoms with Crippen molar-refractivity contribution in [3.05, 3.63) is 48.5 Å². The van der Waals surface area contributed by atoms with Gasteiger partial charge < -0.3 is 25.0 Å². The van der Waals surface area contributed by atoms with Gasteiger partial charge in [0, 0.05) is 43.7 Å². The van der Waals surface area contributed by atoms with Crippen LogP contribution in [0.1, 0.15) is 25.7 Å². The summed E-state index contributed by atoms with van der Waals surface area (Å²) in [5, 5.41) is 12.6. The Morgan fingerprint density at radius 1 is 1.06 bits per heavy atom. The van der Waals surface area contributed by atoms with Crippen molar-refractivity contribution in [2.45, 2.75) is 25.7 Å². The first-order chi connectivity index (χ1) is 15.5. The number of amides is 3. The van der Waals surface area contributed by atoms with Crippen molar-refractivity contribution in [1.82, 2.24) is 4.90 Å². The second-order valence-corrected chi connectivity index (χ2v) is 8.10. The number of ether oxygens (including phenoxy) is 1. The monoisotopic (exact) mass is 437 g/mol. The number of para-hydroxylation sites is 2. The van der Waals surface area contributed by atoms with Gasteiger partial charge in [-0.05, 0) is 43.5 Å². The Labute approximate surface area is 186 Å². The number of likely N-dealkylation sites (tertiary alicyclic amines) is 1. The third-order valence-corrected chi connectivity index (χ3v) is 5.95. The minimum atomic E-state index is -0.214. The first kappa shape index (κ1) is 21.7. The van der Waals surface area contributed by atoms with E-state index in [1.54, 1.807) is 40.1 Å². The van der Waals surface area contributed by atoms with Gasteiger partial charge in [0.05, 0.1) is 5.69 Å². The highest BCUT2D eigenvalue weighted by molar-refractivity contribution is 5.95. The molecule has 4 rings (SSSR count). The van der Waals surface area contributed by atoms with Crippen LogP contribution in [0, 0.1) is 5.92 Å². The molecule has 0 aromatic heterocycles. The standard InChI is InChI=1S/C24H27N3O5/c28-21-8-2-1-7-20(21)25-24(31)17-10-13-26(14-11-17)23(30)16-32-19-6-3-5-18(15-19)27-12-4-9-22(27)29/h1-3,5-8,15,17,28H,4,9-14,16H2,(H,25,31). The number of phenols is 1. The summed E-state index contributed by atoms with van der Waals surface area (Å²) < 4.78 is 5.69. The number of benzene rings is 2. The van der Waals surface area contributed by atoms with Crippen LogP contribution in [0.2, 0.25) is 0 Å². The van der Waals surface area contributed by atoms with E-state index in [9.17, 15) is 19.5 Å². The highest BCUT2D eigenvalue weighted by atomic mass is 16.5. The quantitative estimate of drug-likeness (QED) is 0.677. The number of phenolic OH excluding ortho intramolecular Hbond substituents is 1. The van der Waals surface area contributed by atoms with Crippen LogP contribution in [0.4, 0.5) is 11.4 Å². The summed E-state index contributed by atoms with van der Waals surface area (Å²) in [5.41, 5.74) is 1.18. The molecule has 2 heterocycles. The molecular formula is C24H27N3O5. The predicted molar refractivity (Wildman–Crippen MR) is 120 cm³/mol. The molecule has 2 aromatic carbocycles. The molecule has 0 saturated carbocycles. The molecule has 2 saturated heterocycles. The lowest BCUT2D eigenvalue weighted by atomic mass is 9.95. The van der Waals surface area contributed by atoms with Gasteiger partial charge in [0.1, 0.15) is 11.5 Å². The van der Waals surface area contributed by atoms with Crippen LogP contribution in [0.25, 0.3) is 0 Å². The molecule has 8 nitrogen and oxygen atoms in total. The van der Waals surface area contributed by atoms with E-state index in [-0.39, 0.29) is 36.0 Å². The molecule has 168 valence electrons. The highest BCUT2D eigenvalue weighted by Crippen LogP contribution is 2.26. The van der Waals surface area contributed by atoms with E-state index in [4.69, 9.17) is 4.74 Å². The number of aromatic hydroxyl groups is 1. The molecule has 2 aliphatic heterocycles. The summed E-state index contributed by atoms with van der Waals surface area (Å²) >= 11 is 0. The Morgan fingerprint density at radius 3 is 2.56 bits per heavy atom. The van der Waals surface area contributed by atoms with E-state index >= 15 is 0 Å². The fraction of sp³-hybridized carbons (Fsp3) is 0.375. The molecule has 0 aliphatic carbocycles. The number of nitrogens with zero attached hydrogens (tertiary/aromatic N) is 2. The van der Waals surface area contributed by atoms with Crippen molar-refractivity contribution in [3.8, 4) is 11.5 Å². The maximum absolute atomic E-state index is 12.6. The zero-order chi connectivity index (χ0) is 22.5. The van der Waals surface area contributed by atoms with Crippen LogP contribution >= 0.6 is 0 Å². The van der Waals surface area contributed by atoms with Gasteiger partial charge in [-0.25, -0.2) is 0 Å². The Balaban J connectivity index is 1.25. The number of hydrogen-bond acceptors (Lipinski definition) is 5. The lowest BCUT2D eigenvalue weighted by molar-refractivity contribution is -0.136. The second-order valence-electron chi connectivity index (χ2n) is 8.10. The van der Waals surface area contributed by atoms with Gasteiger partial charge in [-0.15, -0.1) is 0 Å². The fourth-order valence-electron chi connectivity index (χ4n) is 4.10. The molecule has 0 bridgehead atoms. The van der Waals surface area contributed by atoms with Crippen molar-refractivity contribution < 1.29 is 24.2 Å². The molecule has 0 atom stereocenters. The van der Waals surface area contributed by atoms with Crippen LogP contribution in [0.5, 0.6) is 11.5 Å². The van der Waals surface area contributed by atoms with Crippen molar-refractivity contribution in [2.75, 3.05) is 36.5 Å². The fourth-order valence-corrected chi connectivity index (χ4v) is 4.10. The summed E-state index contributed by atoms with van der Waals surface area (Å²) in [6, 6.07) is 13.8. The normalized spacial score (nSPS) is 16.8. The maximum Gasteiger partial charge on any atom is 0.260 e. The van der Waals surface area contributed by atoms with Gasteiger partial charge in [0.25, 0.3) is 5.91 Å². The van der Waals surface area contributed by atoms with Crippen LogP contribution in [0.3, 0.4) is 0 Å². The van der Waals surface area contributed by atoms with Crippen LogP contribution in [0.15, 0.2) is 48.5 Å². The summed E-state index contributed by atoms with van der Waals surface area (Å²) in [6.07, 6.45) is 2.52. The first-order valence-electron chi connectivity index (χ1n) is 10.9. The minimum Gasteiger partial charge on any atom is -0.506 e. The van der Waals surface area contributed by atoms with Gasteiger partial charge >= 0.3 is 0 Å². The van der Waals surface area contributed by atoms with Gasteiger partial charge in [-0.2, -0.15) is 0 Å². The first-order valence-corrected chi connectivity index (χ1v) is 10.9. The SMILES string of the molecule is O=C(Nc1ccccc1O)C1CCN(C(=O)COc2cccc(N3CCCC3=O)c2)CC1. The largest absolute Gasteiger partial charge is 0.506 e. The number of nitrogens with one attached hydrogen (secondary N) is 1. The molecule has 8 heteroatoms. The van der Waals surface area contributed by atoms with Gasteiger partial charge in [-0.3, -0.25) is 14.4 Å². The van der Waals surface area contributed by atoms with Gasteiger partial charge in [0.2, 0.25) is 11.8 Å². The molecule has 0 unspecified atom stereocenters. The van der Waals surface area contributed by atoms with E-state index in [2.05, 4.69) is 5.32 Å². The average Bonchev–Trinajstić information content (AvgIpc) is 3.25. The molecular weight excluding hydrogens is 410 g/mol. The molecule has 0 spiro atoms. The molecule has 3 amide bonds. The van der Waals surface area contributed by atoms with Crippen molar-refractivity contribution >= 4 is 29.1 Å². The Hall–Kier alpha value is -3.55. The average molecular weight is 437 g/mol. The van der Waals surface area contributed by atoms with Crippen molar-refractivity contribution in [3.63, 3.8) is 0 Å². The van der Waals surface area contributed by atoms with E-state index in [0.29, 0.717) is 50.3 Å². The number of carbonyl (C=O) groups excluding carboxylic acids is 3. The number of rotatable bonds is 6. The van der Waals surface area contributed by atoms with Crippen LogP contribution in [-0.2, 0) is 14.4 Å². The summed E-state index contributed by atoms with van der Waals surface area (Å²) in [6.45, 7) is 1.56. The summed E-state index contributed by atoms with van der Waals surface area (Å²) in [4.78, 5) is 40.4. The minimum absolute atomic E-state index is 0.0313. The molecule has 32 heavy (non-hydrogen) atoms. The van der Waals surface area contributed by atoms with E-state index in [1.807, 2.05) is 12.1 Å². The Kier molecular flexibility index (Phi) is 6.58. The van der Waals surface area contributed by atoms with Gasteiger partial charge in [-0.1, -0.05) is 18.2 Å². The molecule has 2 aliphatic rings. The topological polar surface area (TPSA) is 99.2 Å². The Bertz CT molecular complexity index is 1000. The number of anilines is 2. The predicted octanol–water partition coefficient (Wildman–Crippen LogP) is 2.78. The third-order valence-electron chi connectivity index (χ3n) is 5.95. The molecule has 0 radical (unpaired) electrons. The number of carbonyl (C=O) groups is 3. The van der Waals surface area contributed by atoms with Crippen molar-refractivity contribution in [2.24, 2.45) is 5.92 Å². The van der Waals surface area contributed by atoms with E-state index in [1.165, 1.54) is 6.07 Å². The van der Waals surface area contributed by atoms with Gasteiger partial charge in [0.15, 0.2) is 6.61 Å². The lowest BCUT2D eigenvalue weighted by Crippen LogP contribution is -2.43. The van der Waals surface area contributed by atoms with Crippen LogP contribution in [-0.4, -0.2) is 54.0 Å². The molecule has 2 aromatic rings. The molecule has 2 fully saturated rings. The zero-order valence-electron chi connectivity index (χ0n) is 17.8. The van der Waals surface area contributed by atoms with E-state index in [0.717, 1.165) is 12.1 Å². The van der Waals surface area contributed by atoms with E-state index < -0.39 is 0 Å². The maximum atomic E-state index is 12.6. The lowest BCUT2D eigenvalue weighted by Gasteiger charge is -2.31.